The van der Waals surface area contributed by atoms with Gasteiger partial charge in [-0.2, -0.15) is 0 Å². The van der Waals surface area contributed by atoms with Gasteiger partial charge in [0, 0.05) is 10.9 Å². The summed E-state index contributed by atoms with van der Waals surface area (Å²) in [4.78, 5) is 28.1. The van der Waals surface area contributed by atoms with Crippen LogP contribution in [0.15, 0.2) is 23.6 Å². The average molecular weight is 376 g/mol. The van der Waals surface area contributed by atoms with Crippen LogP contribution in [0.5, 0.6) is 11.5 Å². The molecular formula is C17H20N4O4S. The predicted octanol–water partition coefficient (Wildman–Crippen LogP) is 1.58. The van der Waals surface area contributed by atoms with E-state index < -0.39 is 6.04 Å². The van der Waals surface area contributed by atoms with E-state index in [0.29, 0.717) is 16.6 Å². The van der Waals surface area contributed by atoms with Crippen molar-refractivity contribution in [2.24, 2.45) is 11.7 Å². The van der Waals surface area contributed by atoms with Crippen LogP contribution in [0.2, 0.25) is 0 Å². The Balaban J connectivity index is 1.57. The molecule has 0 fully saturated rings. The first-order valence-electron chi connectivity index (χ1n) is 8.12. The topological polar surface area (TPSA) is 116 Å². The molecule has 2 aromatic rings. The van der Waals surface area contributed by atoms with Gasteiger partial charge in [-0.05, 0) is 24.1 Å². The lowest BCUT2D eigenvalue weighted by molar-refractivity contribution is -0.125. The van der Waals surface area contributed by atoms with Gasteiger partial charge >= 0.3 is 0 Å². The van der Waals surface area contributed by atoms with Crippen LogP contribution in [-0.4, -0.2) is 36.2 Å². The SMILES string of the molecule is CC(C)[C@H](N)C(=O)NCC(=O)Nc1nc(-c2ccc3c(c2)OCO3)cs1. The summed E-state index contributed by atoms with van der Waals surface area (Å²) >= 11 is 1.30. The Kier molecular flexibility index (Phi) is 5.38. The minimum absolute atomic E-state index is 0.00119. The van der Waals surface area contributed by atoms with Crippen molar-refractivity contribution >= 4 is 28.3 Å². The van der Waals surface area contributed by atoms with Crippen molar-refractivity contribution in [3.05, 3.63) is 23.6 Å². The Bertz CT molecular complexity index is 821. The highest BCUT2D eigenvalue weighted by molar-refractivity contribution is 7.14. The highest BCUT2D eigenvalue weighted by Gasteiger charge is 2.18. The van der Waals surface area contributed by atoms with Gasteiger partial charge in [-0.15, -0.1) is 11.3 Å². The molecule has 1 aliphatic rings. The van der Waals surface area contributed by atoms with Gasteiger partial charge in [-0.1, -0.05) is 13.8 Å². The van der Waals surface area contributed by atoms with Crippen molar-refractivity contribution in [2.45, 2.75) is 19.9 Å². The zero-order chi connectivity index (χ0) is 18.7. The van der Waals surface area contributed by atoms with Crippen LogP contribution in [0.3, 0.4) is 0 Å². The molecule has 3 rings (SSSR count). The summed E-state index contributed by atoms with van der Waals surface area (Å²) in [5.74, 6) is 0.663. The molecule has 1 atom stereocenters. The first-order valence-corrected chi connectivity index (χ1v) is 9.00. The Morgan fingerprint density at radius 3 is 2.85 bits per heavy atom. The number of benzene rings is 1. The second-order valence-electron chi connectivity index (χ2n) is 6.14. The molecule has 26 heavy (non-hydrogen) atoms. The molecular weight excluding hydrogens is 356 g/mol. The molecule has 138 valence electrons. The Morgan fingerprint density at radius 1 is 1.31 bits per heavy atom. The number of nitrogens with one attached hydrogen (secondary N) is 2. The quantitative estimate of drug-likeness (QED) is 0.705. The number of thiazole rings is 1. The van der Waals surface area contributed by atoms with Crippen molar-refractivity contribution in [1.82, 2.24) is 10.3 Å². The number of nitrogens with two attached hydrogens (primary N) is 1. The third-order valence-electron chi connectivity index (χ3n) is 3.86. The van der Waals surface area contributed by atoms with Crippen molar-refractivity contribution in [3.8, 4) is 22.8 Å². The highest BCUT2D eigenvalue weighted by Crippen LogP contribution is 2.36. The van der Waals surface area contributed by atoms with E-state index in [-0.39, 0.29) is 31.1 Å². The predicted molar refractivity (Wildman–Crippen MR) is 98.1 cm³/mol. The molecule has 1 aliphatic heterocycles. The number of aromatic nitrogens is 1. The number of carbonyl (C=O) groups is 2. The third kappa shape index (κ3) is 4.12. The molecule has 0 saturated heterocycles. The van der Waals surface area contributed by atoms with E-state index in [1.165, 1.54) is 11.3 Å². The van der Waals surface area contributed by atoms with E-state index in [4.69, 9.17) is 15.2 Å². The number of ether oxygens (including phenoxy) is 2. The number of amides is 2. The van der Waals surface area contributed by atoms with Crippen molar-refractivity contribution in [3.63, 3.8) is 0 Å². The van der Waals surface area contributed by atoms with E-state index in [0.717, 1.165) is 11.3 Å². The minimum Gasteiger partial charge on any atom is -0.454 e. The number of anilines is 1. The molecule has 0 aliphatic carbocycles. The summed E-state index contributed by atoms with van der Waals surface area (Å²) in [5.41, 5.74) is 7.31. The number of hydrogen-bond donors (Lipinski definition) is 3. The van der Waals surface area contributed by atoms with E-state index in [1.807, 2.05) is 37.4 Å². The molecule has 1 aromatic carbocycles. The standard InChI is InChI=1S/C17H20N4O4S/c1-9(2)15(18)16(23)19-6-14(22)21-17-20-11(7-26-17)10-3-4-12-13(5-10)25-8-24-12/h3-5,7,9,15H,6,8,18H2,1-2H3,(H,19,23)(H,20,21,22)/t15-/m0/s1. The maximum atomic E-state index is 12.0. The summed E-state index contributed by atoms with van der Waals surface area (Å²) in [6.45, 7) is 3.75. The zero-order valence-electron chi connectivity index (χ0n) is 14.4. The first kappa shape index (κ1) is 18.2. The molecule has 2 heterocycles. The monoisotopic (exact) mass is 376 g/mol. The van der Waals surface area contributed by atoms with Gasteiger partial charge in [0.2, 0.25) is 18.6 Å². The summed E-state index contributed by atoms with van der Waals surface area (Å²) in [6.07, 6.45) is 0. The van der Waals surface area contributed by atoms with E-state index in [2.05, 4.69) is 15.6 Å². The van der Waals surface area contributed by atoms with Crippen molar-refractivity contribution in [2.75, 3.05) is 18.7 Å². The van der Waals surface area contributed by atoms with E-state index in [9.17, 15) is 9.59 Å². The van der Waals surface area contributed by atoms with Gasteiger partial charge in [0.1, 0.15) is 0 Å². The summed E-state index contributed by atoms with van der Waals surface area (Å²) < 4.78 is 10.6. The third-order valence-corrected chi connectivity index (χ3v) is 4.62. The minimum atomic E-state index is -0.639. The largest absolute Gasteiger partial charge is 0.454 e. The van der Waals surface area contributed by atoms with E-state index in [1.54, 1.807) is 0 Å². The number of carbonyl (C=O) groups excluding carboxylic acids is 2. The van der Waals surface area contributed by atoms with Crippen LogP contribution in [-0.2, 0) is 9.59 Å². The molecule has 8 nitrogen and oxygen atoms in total. The number of nitrogens with zero attached hydrogens (tertiary/aromatic N) is 1. The van der Waals surface area contributed by atoms with Crippen LogP contribution in [0.25, 0.3) is 11.3 Å². The maximum Gasteiger partial charge on any atom is 0.245 e. The molecule has 0 unspecified atom stereocenters. The fourth-order valence-corrected chi connectivity index (χ4v) is 3.01. The van der Waals surface area contributed by atoms with Crippen LogP contribution in [0, 0.1) is 5.92 Å². The molecule has 0 spiro atoms. The first-order chi connectivity index (χ1) is 12.4. The summed E-state index contributed by atoms with van der Waals surface area (Å²) in [5, 5.41) is 7.47. The lowest BCUT2D eigenvalue weighted by atomic mass is 10.1. The Hall–Kier alpha value is -2.65. The highest BCUT2D eigenvalue weighted by atomic mass is 32.1. The van der Waals surface area contributed by atoms with Gasteiger partial charge in [-0.3, -0.25) is 9.59 Å². The molecule has 0 saturated carbocycles. The van der Waals surface area contributed by atoms with Crippen molar-refractivity contribution in [1.29, 1.82) is 0 Å². The van der Waals surface area contributed by atoms with Gasteiger partial charge < -0.3 is 25.8 Å². The van der Waals surface area contributed by atoms with Gasteiger partial charge in [0.05, 0.1) is 18.3 Å². The molecule has 0 radical (unpaired) electrons. The lowest BCUT2D eigenvalue weighted by Gasteiger charge is -2.14. The summed E-state index contributed by atoms with van der Waals surface area (Å²) in [7, 11) is 0. The molecule has 2 amide bonds. The fourth-order valence-electron chi connectivity index (χ4n) is 2.27. The lowest BCUT2D eigenvalue weighted by Crippen LogP contribution is -2.46. The molecule has 4 N–H and O–H groups in total. The van der Waals surface area contributed by atoms with Crippen LogP contribution < -0.4 is 25.8 Å². The van der Waals surface area contributed by atoms with Gasteiger partial charge in [-0.25, -0.2) is 4.98 Å². The number of rotatable bonds is 6. The average Bonchev–Trinajstić information content (AvgIpc) is 3.27. The van der Waals surface area contributed by atoms with E-state index >= 15 is 0 Å². The second kappa shape index (κ2) is 7.71. The second-order valence-corrected chi connectivity index (χ2v) is 7.00. The normalized spacial score (nSPS) is 13.5. The van der Waals surface area contributed by atoms with Crippen LogP contribution in [0.1, 0.15) is 13.8 Å². The fraction of sp³-hybridized carbons (Fsp3) is 0.353. The van der Waals surface area contributed by atoms with Crippen LogP contribution >= 0.6 is 11.3 Å². The van der Waals surface area contributed by atoms with Gasteiger partial charge in [0.15, 0.2) is 16.6 Å². The van der Waals surface area contributed by atoms with Crippen molar-refractivity contribution < 1.29 is 19.1 Å². The molecule has 1 aromatic heterocycles. The molecule has 0 bridgehead atoms. The van der Waals surface area contributed by atoms with Gasteiger partial charge in [0.25, 0.3) is 0 Å². The smallest absolute Gasteiger partial charge is 0.245 e. The zero-order valence-corrected chi connectivity index (χ0v) is 15.3. The van der Waals surface area contributed by atoms with Crippen LogP contribution in [0.4, 0.5) is 5.13 Å². The number of fused-ring (bicyclic) bond motifs is 1. The Morgan fingerprint density at radius 2 is 2.08 bits per heavy atom. The Labute approximate surface area is 154 Å². The number of hydrogen-bond acceptors (Lipinski definition) is 7. The molecule has 9 heteroatoms. The summed E-state index contributed by atoms with van der Waals surface area (Å²) in [6, 6.07) is 4.90. The maximum absolute atomic E-state index is 12.0.